The third-order valence-corrected chi connectivity index (χ3v) is 4.41. The first-order chi connectivity index (χ1) is 7.00. The summed E-state index contributed by atoms with van der Waals surface area (Å²) in [6.07, 6.45) is 0.963. The first-order valence-corrected chi connectivity index (χ1v) is 6.01. The van der Waals surface area contributed by atoms with Crippen LogP contribution in [0.25, 0.3) is 0 Å². The fourth-order valence-corrected chi connectivity index (χ4v) is 3.33. The molecule has 82 valence electrons. The number of aromatic carboxylic acids is 1. The second-order valence-electron chi connectivity index (χ2n) is 3.26. The van der Waals surface area contributed by atoms with Crippen LogP contribution in [0.1, 0.15) is 34.6 Å². The predicted octanol–water partition coefficient (Wildman–Crippen LogP) is 0.0175. The van der Waals surface area contributed by atoms with E-state index in [1.807, 2.05) is 0 Å². The number of rotatable bonds is 2. The predicted molar refractivity (Wildman–Crippen MR) is 47.0 cm³/mol. The molecule has 0 aliphatic carbocycles. The van der Waals surface area contributed by atoms with Gasteiger partial charge in [0.1, 0.15) is 5.25 Å². The molecule has 0 saturated carbocycles. The zero-order valence-corrected chi connectivity index (χ0v) is 8.40. The number of nitrogens with zero attached hydrogens (tertiary/aromatic N) is 2. The maximum Gasteiger partial charge on any atom is 0.394 e. The standard InChI is InChI=1S/C7H8N2O5S/c10-7(11)6-8-5(9-14-6)4-2-1-3-15(4,12)13/h4H,1-3H2,(H,10,11). The molecule has 1 aromatic heterocycles. The summed E-state index contributed by atoms with van der Waals surface area (Å²) in [5.41, 5.74) is 0. The van der Waals surface area contributed by atoms with Crippen molar-refractivity contribution in [1.82, 2.24) is 10.1 Å². The SMILES string of the molecule is O=C(O)c1nc(C2CCCS2(=O)=O)no1. The van der Waals surface area contributed by atoms with E-state index in [1.165, 1.54) is 0 Å². The van der Waals surface area contributed by atoms with Gasteiger partial charge in [-0.15, -0.1) is 0 Å². The average Bonchev–Trinajstić information content (AvgIpc) is 2.69. The van der Waals surface area contributed by atoms with Crippen molar-refractivity contribution in [2.75, 3.05) is 5.75 Å². The van der Waals surface area contributed by atoms with E-state index in [4.69, 9.17) is 5.11 Å². The molecule has 1 unspecified atom stereocenters. The van der Waals surface area contributed by atoms with Gasteiger partial charge >= 0.3 is 11.9 Å². The Kier molecular flexibility index (Phi) is 2.22. The highest BCUT2D eigenvalue weighted by Gasteiger charge is 2.36. The lowest BCUT2D eigenvalue weighted by Crippen LogP contribution is -2.09. The van der Waals surface area contributed by atoms with Crippen molar-refractivity contribution in [3.63, 3.8) is 0 Å². The Morgan fingerprint density at radius 2 is 2.27 bits per heavy atom. The molecule has 0 spiro atoms. The van der Waals surface area contributed by atoms with Crippen molar-refractivity contribution >= 4 is 15.8 Å². The second-order valence-corrected chi connectivity index (χ2v) is 5.56. The van der Waals surface area contributed by atoms with Gasteiger partial charge in [0.25, 0.3) is 0 Å². The number of sulfone groups is 1. The monoisotopic (exact) mass is 232 g/mol. The lowest BCUT2D eigenvalue weighted by molar-refractivity contribution is 0.0643. The Hall–Kier alpha value is -1.44. The number of aromatic nitrogens is 2. The van der Waals surface area contributed by atoms with Gasteiger partial charge in [-0.1, -0.05) is 5.16 Å². The van der Waals surface area contributed by atoms with Gasteiger partial charge in [-0.05, 0) is 12.8 Å². The molecule has 2 heterocycles. The number of carboxylic acid groups (broad SMARTS) is 1. The highest BCUT2D eigenvalue weighted by molar-refractivity contribution is 7.91. The van der Waals surface area contributed by atoms with Crippen molar-refractivity contribution in [1.29, 1.82) is 0 Å². The van der Waals surface area contributed by atoms with Crippen LogP contribution >= 0.6 is 0 Å². The molecule has 1 atom stereocenters. The zero-order valence-electron chi connectivity index (χ0n) is 7.58. The molecular formula is C7H8N2O5S. The Morgan fingerprint density at radius 1 is 1.53 bits per heavy atom. The average molecular weight is 232 g/mol. The van der Waals surface area contributed by atoms with Gasteiger partial charge in [-0.3, -0.25) is 0 Å². The van der Waals surface area contributed by atoms with Crippen molar-refractivity contribution in [3.05, 3.63) is 11.7 Å². The molecule has 7 nitrogen and oxygen atoms in total. The van der Waals surface area contributed by atoms with E-state index in [-0.39, 0.29) is 11.6 Å². The number of carbonyl (C=O) groups is 1. The van der Waals surface area contributed by atoms with Gasteiger partial charge in [0, 0.05) is 0 Å². The Morgan fingerprint density at radius 3 is 2.73 bits per heavy atom. The van der Waals surface area contributed by atoms with Crippen LogP contribution in [-0.4, -0.2) is 35.4 Å². The minimum absolute atomic E-state index is 0.0510. The number of carboxylic acids is 1. The summed E-state index contributed by atoms with van der Waals surface area (Å²) in [7, 11) is -3.23. The van der Waals surface area contributed by atoms with E-state index in [0.717, 1.165) is 0 Å². The molecule has 1 N–H and O–H groups in total. The Balaban J connectivity index is 2.34. The van der Waals surface area contributed by atoms with Gasteiger partial charge in [0.05, 0.1) is 5.75 Å². The summed E-state index contributed by atoms with van der Waals surface area (Å²) in [5.74, 6) is -1.89. The van der Waals surface area contributed by atoms with E-state index in [2.05, 4.69) is 14.7 Å². The van der Waals surface area contributed by atoms with Crippen LogP contribution in [-0.2, 0) is 9.84 Å². The first kappa shape index (κ1) is 10.1. The largest absolute Gasteiger partial charge is 0.474 e. The molecule has 8 heteroatoms. The van der Waals surface area contributed by atoms with Crippen LogP contribution in [0, 0.1) is 0 Å². The second kappa shape index (κ2) is 3.30. The summed E-state index contributed by atoms with van der Waals surface area (Å²) in [5, 5.41) is 11.1. The minimum atomic E-state index is -3.23. The minimum Gasteiger partial charge on any atom is -0.474 e. The zero-order chi connectivity index (χ0) is 11.1. The summed E-state index contributed by atoms with van der Waals surface area (Å²) < 4.78 is 27.4. The van der Waals surface area contributed by atoms with Crippen LogP contribution in [0.2, 0.25) is 0 Å². The molecule has 0 bridgehead atoms. The lowest BCUT2D eigenvalue weighted by atomic mass is 10.2. The summed E-state index contributed by atoms with van der Waals surface area (Å²) in [4.78, 5) is 14.0. The molecule has 2 rings (SSSR count). The number of hydrogen-bond donors (Lipinski definition) is 1. The fraction of sp³-hybridized carbons (Fsp3) is 0.571. The van der Waals surface area contributed by atoms with E-state index in [9.17, 15) is 13.2 Å². The Labute approximate surface area is 85.0 Å². The van der Waals surface area contributed by atoms with Crippen molar-refractivity contribution in [2.24, 2.45) is 0 Å². The molecule has 1 saturated heterocycles. The fourth-order valence-electron chi connectivity index (χ4n) is 1.53. The molecule has 0 radical (unpaired) electrons. The molecular weight excluding hydrogens is 224 g/mol. The van der Waals surface area contributed by atoms with Gasteiger partial charge in [-0.25, -0.2) is 13.2 Å². The molecule has 0 aromatic carbocycles. The normalized spacial score (nSPS) is 24.1. The highest BCUT2D eigenvalue weighted by atomic mass is 32.2. The first-order valence-electron chi connectivity index (χ1n) is 4.29. The Bertz CT molecular complexity index is 491. The quantitative estimate of drug-likeness (QED) is 0.764. The molecule has 1 aliphatic heterocycles. The maximum atomic E-state index is 11.5. The third kappa shape index (κ3) is 1.72. The van der Waals surface area contributed by atoms with E-state index in [1.54, 1.807) is 0 Å². The van der Waals surface area contributed by atoms with Gasteiger partial charge in [-0.2, -0.15) is 4.98 Å². The van der Waals surface area contributed by atoms with Crippen LogP contribution in [0.4, 0.5) is 0 Å². The maximum absolute atomic E-state index is 11.5. The van der Waals surface area contributed by atoms with E-state index >= 15 is 0 Å². The molecule has 15 heavy (non-hydrogen) atoms. The molecule has 1 aliphatic rings. The van der Waals surface area contributed by atoms with Crippen molar-refractivity contribution in [2.45, 2.75) is 18.1 Å². The summed E-state index contributed by atoms with van der Waals surface area (Å²) in [6.45, 7) is 0. The summed E-state index contributed by atoms with van der Waals surface area (Å²) >= 11 is 0. The van der Waals surface area contributed by atoms with Crippen molar-refractivity contribution in [3.8, 4) is 0 Å². The van der Waals surface area contributed by atoms with Crippen LogP contribution in [0.5, 0.6) is 0 Å². The smallest absolute Gasteiger partial charge is 0.394 e. The van der Waals surface area contributed by atoms with Gasteiger partial charge in [0.2, 0.25) is 0 Å². The number of hydrogen-bond acceptors (Lipinski definition) is 6. The van der Waals surface area contributed by atoms with E-state index in [0.29, 0.717) is 12.8 Å². The summed E-state index contributed by atoms with van der Waals surface area (Å²) in [6, 6.07) is 0. The lowest BCUT2D eigenvalue weighted by Gasteiger charge is -2.01. The van der Waals surface area contributed by atoms with E-state index < -0.39 is 26.9 Å². The van der Waals surface area contributed by atoms with Gasteiger partial charge < -0.3 is 9.63 Å². The van der Waals surface area contributed by atoms with Gasteiger partial charge in [0.15, 0.2) is 15.7 Å². The van der Waals surface area contributed by atoms with Crippen molar-refractivity contribution < 1.29 is 22.8 Å². The van der Waals surface area contributed by atoms with Crippen LogP contribution < -0.4 is 0 Å². The topological polar surface area (TPSA) is 110 Å². The van der Waals surface area contributed by atoms with Crippen LogP contribution in [0.15, 0.2) is 4.52 Å². The third-order valence-electron chi connectivity index (χ3n) is 2.24. The highest BCUT2D eigenvalue weighted by Crippen LogP contribution is 2.32. The van der Waals surface area contributed by atoms with Crippen LogP contribution in [0.3, 0.4) is 0 Å². The molecule has 1 fully saturated rings. The molecule has 1 aromatic rings. The molecule has 0 amide bonds.